The zero-order chi connectivity index (χ0) is 23.2. The number of nitrogens with zero attached hydrogens (tertiary/aromatic N) is 2. The Kier molecular flexibility index (Phi) is 12.6. The lowest BCUT2D eigenvalue weighted by molar-refractivity contribution is -0.873. The van der Waals surface area contributed by atoms with Crippen LogP contribution in [0.3, 0.4) is 0 Å². The van der Waals surface area contributed by atoms with Crippen LogP contribution in [0.4, 0.5) is 0 Å². The summed E-state index contributed by atoms with van der Waals surface area (Å²) in [6, 6.07) is 0. The molecule has 0 bridgehead atoms. The molecule has 0 saturated heterocycles. The van der Waals surface area contributed by atoms with Crippen molar-refractivity contribution < 1.29 is 48.6 Å². The second-order valence-corrected chi connectivity index (χ2v) is 9.46. The Morgan fingerprint density at radius 1 is 0.700 bits per heavy atom. The topological polar surface area (TPSA) is 155 Å². The molecule has 0 aromatic heterocycles. The normalized spacial score (nSPS) is 16.0. The fourth-order valence-electron chi connectivity index (χ4n) is 3.09. The molecule has 0 radical (unpaired) electrons. The van der Waals surface area contributed by atoms with Crippen molar-refractivity contribution in [1.29, 1.82) is 0 Å². The first kappa shape index (κ1) is 30.6. The van der Waals surface area contributed by atoms with Gasteiger partial charge in [-0.15, -0.1) is 12.4 Å². The van der Waals surface area contributed by atoms with E-state index in [1.807, 2.05) is 0 Å². The molecule has 0 aromatic carbocycles. The van der Waals surface area contributed by atoms with Gasteiger partial charge in [0.25, 0.3) is 0 Å². The molecule has 0 saturated carbocycles. The van der Waals surface area contributed by atoms with Crippen LogP contribution in [-0.4, -0.2) is 110 Å². The Morgan fingerprint density at radius 3 is 1.17 bits per heavy atom. The Hall–Kier alpha value is -1.59. The molecular weight excluding hydrogens is 420 g/mol. The first-order valence-corrected chi connectivity index (χ1v) is 9.40. The Labute approximate surface area is 183 Å². The number of likely N-dealkylation sites (N-methyl/N-ethyl adjacent to an activating group) is 2. The van der Waals surface area contributed by atoms with Gasteiger partial charge in [0, 0.05) is 12.8 Å². The van der Waals surface area contributed by atoms with E-state index < -0.39 is 47.5 Å². The van der Waals surface area contributed by atoms with Crippen molar-refractivity contribution in [1.82, 2.24) is 0 Å². The van der Waals surface area contributed by atoms with Gasteiger partial charge in [-0.2, -0.15) is 0 Å². The Balaban J connectivity index is 0. The van der Waals surface area contributed by atoms with Crippen LogP contribution in [-0.2, 0) is 19.2 Å². The van der Waals surface area contributed by atoms with E-state index in [0.29, 0.717) is 0 Å². The molecule has 0 fully saturated rings. The highest BCUT2D eigenvalue weighted by molar-refractivity contribution is 5.99. The summed E-state index contributed by atoms with van der Waals surface area (Å²) in [5.41, 5.74) is 0. The van der Waals surface area contributed by atoms with E-state index in [-0.39, 0.29) is 53.7 Å². The number of aliphatic hydroxyl groups is 2. The molecule has 4 atom stereocenters. The summed E-state index contributed by atoms with van der Waals surface area (Å²) in [5, 5.41) is 42.8. The van der Waals surface area contributed by atoms with Gasteiger partial charge in [0.1, 0.15) is 36.9 Å². The lowest BCUT2D eigenvalue weighted by Crippen LogP contribution is -2.51. The molecule has 0 heterocycles. The van der Waals surface area contributed by atoms with Gasteiger partial charge in [-0.1, -0.05) is 0 Å². The predicted molar refractivity (Wildman–Crippen MR) is 106 cm³/mol. The minimum atomic E-state index is -1.73. The molecule has 11 heteroatoms. The highest BCUT2D eigenvalue weighted by atomic mass is 35.5. The molecule has 0 aliphatic carbocycles. The van der Waals surface area contributed by atoms with Gasteiger partial charge in [0.2, 0.25) is 0 Å². The van der Waals surface area contributed by atoms with Crippen molar-refractivity contribution in [3.63, 3.8) is 0 Å². The fourth-order valence-corrected chi connectivity index (χ4v) is 3.09. The Morgan fingerprint density at radius 2 is 0.967 bits per heavy atom. The number of aliphatic carboxylic acids is 2. The minimum absolute atomic E-state index is 0. The van der Waals surface area contributed by atoms with Gasteiger partial charge in [-0.05, 0) is 6.42 Å². The highest BCUT2D eigenvalue weighted by Gasteiger charge is 2.33. The highest BCUT2D eigenvalue weighted by Crippen LogP contribution is 2.16. The third-order valence-corrected chi connectivity index (χ3v) is 4.29. The first-order chi connectivity index (χ1) is 13.0. The third kappa shape index (κ3) is 11.6. The smallest absolute Gasteiger partial charge is 0.144 e. The maximum atomic E-state index is 12.2. The van der Waals surface area contributed by atoms with E-state index >= 15 is 0 Å². The number of carboxylic acids is 2. The third-order valence-electron chi connectivity index (χ3n) is 4.29. The van der Waals surface area contributed by atoms with Crippen LogP contribution in [0.1, 0.15) is 19.3 Å². The maximum absolute atomic E-state index is 12.2. The maximum Gasteiger partial charge on any atom is 0.144 e. The summed E-state index contributed by atoms with van der Waals surface area (Å²) in [7, 11) is 10.3. The zero-order valence-electron chi connectivity index (χ0n) is 18.5. The van der Waals surface area contributed by atoms with Gasteiger partial charge < -0.3 is 39.0 Å². The predicted octanol–water partition coefficient (Wildman–Crippen LogP) is -3.42. The number of Topliss-reactive ketones (excluding diaryl/α,β-unsaturated/α-hetero) is 2. The van der Waals surface area contributed by atoms with Crippen molar-refractivity contribution in [3.05, 3.63) is 0 Å². The van der Waals surface area contributed by atoms with E-state index in [4.69, 9.17) is 0 Å². The lowest BCUT2D eigenvalue weighted by Gasteiger charge is -2.31. The summed E-state index contributed by atoms with van der Waals surface area (Å²) >= 11 is 0. The largest absolute Gasteiger partial charge is 0.549 e. The number of rotatable bonds is 14. The van der Waals surface area contributed by atoms with Crippen LogP contribution >= 0.6 is 12.4 Å². The molecule has 0 spiro atoms. The molecule has 4 unspecified atom stereocenters. The summed E-state index contributed by atoms with van der Waals surface area (Å²) in [4.78, 5) is 47.1. The SMILES string of the molecule is C[N+](C)(C)CC(O)C(C(=O)[O-])C(=O)CCCC(=O)C(C(=O)[O-])C(O)C[N+](C)(C)C.Cl. The molecule has 0 amide bonds. The van der Waals surface area contributed by atoms with Crippen LogP contribution in [0.15, 0.2) is 0 Å². The van der Waals surface area contributed by atoms with Gasteiger partial charge in [0.05, 0.1) is 66.1 Å². The lowest BCUT2D eigenvalue weighted by atomic mass is 9.90. The van der Waals surface area contributed by atoms with E-state index in [9.17, 15) is 39.6 Å². The van der Waals surface area contributed by atoms with Gasteiger partial charge in [-0.3, -0.25) is 9.59 Å². The number of carboxylic acid groups (broad SMARTS) is 2. The molecule has 176 valence electrons. The number of halogens is 1. The monoisotopic (exact) mass is 454 g/mol. The average molecular weight is 455 g/mol. The van der Waals surface area contributed by atoms with E-state index in [2.05, 4.69) is 0 Å². The van der Waals surface area contributed by atoms with Gasteiger partial charge in [0.15, 0.2) is 0 Å². The van der Waals surface area contributed by atoms with Crippen LogP contribution in [0.25, 0.3) is 0 Å². The Bertz CT molecular complexity index is 561. The standard InChI is InChI=1S/C19H34N2O8.ClH/c1-20(2,3)10-14(24)16(18(26)27)12(22)8-7-9-13(23)17(19(28)29)15(25)11-21(4,5)6;/h14-17,24-25H,7-11H2,1-6H3;1H. The molecule has 2 N–H and O–H groups in total. The van der Waals surface area contributed by atoms with Gasteiger partial charge in [-0.25, -0.2) is 0 Å². The summed E-state index contributed by atoms with van der Waals surface area (Å²) in [6.07, 6.45) is -3.71. The van der Waals surface area contributed by atoms with Crippen LogP contribution < -0.4 is 10.2 Å². The van der Waals surface area contributed by atoms with E-state index in [0.717, 1.165) is 0 Å². The van der Waals surface area contributed by atoms with Crippen LogP contribution in [0.2, 0.25) is 0 Å². The van der Waals surface area contributed by atoms with Crippen molar-refractivity contribution >= 4 is 35.9 Å². The minimum Gasteiger partial charge on any atom is -0.549 e. The summed E-state index contributed by atoms with van der Waals surface area (Å²) in [5.74, 6) is -8.46. The molecule has 0 aromatic rings. The summed E-state index contributed by atoms with van der Waals surface area (Å²) in [6.45, 7) is 0.0145. The molecule has 0 aliphatic heterocycles. The number of hydrogen-bond donors (Lipinski definition) is 2. The number of aliphatic hydroxyl groups excluding tert-OH is 2. The molecule has 0 rings (SSSR count). The molecule has 10 nitrogen and oxygen atoms in total. The van der Waals surface area contributed by atoms with Gasteiger partial charge >= 0.3 is 0 Å². The van der Waals surface area contributed by atoms with E-state index in [1.54, 1.807) is 42.3 Å². The fraction of sp³-hybridized carbons (Fsp3) is 0.789. The number of hydrogen-bond acceptors (Lipinski definition) is 8. The molecule has 30 heavy (non-hydrogen) atoms. The average Bonchev–Trinajstić information content (AvgIpc) is 2.42. The van der Waals surface area contributed by atoms with Crippen molar-refractivity contribution in [2.45, 2.75) is 31.5 Å². The van der Waals surface area contributed by atoms with Crippen LogP contribution in [0, 0.1) is 11.8 Å². The zero-order valence-corrected chi connectivity index (χ0v) is 19.3. The molecule has 0 aliphatic rings. The molecular formula is C19H35ClN2O8. The van der Waals surface area contributed by atoms with Crippen LogP contribution in [0.5, 0.6) is 0 Å². The number of carbonyl (C=O) groups is 4. The number of carbonyl (C=O) groups excluding carboxylic acids is 4. The second kappa shape index (κ2) is 12.3. The number of quaternary nitrogens is 2. The second-order valence-electron chi connectivity index (χ2n) is 9.46. The van der Waals surface area contributed by atoms with Crippen molar-refractivity contribution in [3.8, 4) is 0 Å². The first-order valence-electron chi connectivity index (χ1n) is 9.40. The van der Waals surface area contributed by atoms with Crippen molar-refractivity contribution in [2.75, 3.05) is 55.4 Å². The van der Waals surface area contributed by atoms with Crippen molar-refractivity contribution in [2.24, 2.45) is 11.8 Å². The quantitative estimate of drug-likeness (QED) is 0.203. The number of ketones is 2. The summed E-state index contributed by atoms with van der Waals surface area (Å²) < 4.78 is 0.461. The van der Waals surface area contributed by atoms with E-state index in [1.165, 1.54) is 0 Å².